The Hall–Kier alpha value is -2.16. The second-order valence-corrected chi connectivity index (χ2v) is 5.41. The lowest BCUT2D eigenvalue weighted by Crippen LogP contribution is -2.13. The Balaban J connectivity index is 2.14. The predicted octanol–water partition coefficient (Wildman–Crippen LogP) is 4.97. The highest BCUT2D eigenvalue weighted by atomic mass is 32.2. The third-order valence-corrected chi connectivity index (χ3v) is 3.35. The standard InChI is InChI=1S/C14H7F6NOS/c15-9-5-11(17)12(6-10(9)16)21-13(22)7-1-3-8(4-2-7)23-14(18,19)20/h1-6H,(H,21,22). The SMILES string of the molecule is O=C(Nc1cc(F)c(F)cc1F)c1ccc(SC(F)(F)F)cc1. The van der Waals surface area contributed by atoms with Crippen LogP contribution in [-0.4, -0.2) is 11.4 Å². The predicted molar refractivity (Wildman–Crippen MR) is 72.6 cm³/mol. The molecule has 0 aromatic heterocycles. The van der Waals surface area contributed by atoms with Gasteiger partial charge in [-0.25, -0.2) is 13.2 Å². The number of carbonyl (C=O) groups is 1. The fourth-order valence-electron chi connectivity index (χ4n) is 1.62. The van der Waals surface area contributed by atoms with Crippen molar-refractivity contribution in [2.24, 2.45) is 0 Å². The van der Waals surface area contributed by atoms with E-state index in [1.165, 1.54) is 0 Å². The molecule has 0 unspecified atom stereocenters. The third-order valence-electron chi connectivity index (χ3n) is 2.61. The minimum Gasteiger partial charge on any atom is -0.319 e. The van der Waals surface area contributed by atoms with E-state index >= 15 is 0 Å². The van der Waals surface area contributed by atoms with E-state index in [-0.39, 0.29) is 28.3 Å². The molecule has 2 rings (SSSR count). The summed E-state index contributed by atoms with van der Waals surface area (Å²) in [4.78, 5) is 11.7. The molecular weight excluding hydrogens is 344 g/mol. The van der Waals surface area contributed by atoms with Crippen molar-refractivity contribution in [1.82, 2.24) is 0 Å². The number of carbonyl (C=O) groups excluding carboxylic acids is 1. The fourth-order valence-corrected chi connectivity index (χ4v) is 2.16. The molecule has 0 saturated carbocycles. The van der Waals surface area contributed by atoms with Crippen LogP contribution < -0.4 is 5.32 Å². The smallest absolute Gasteiger partial charge is 0.319 e. The quantitative estimate of drug-likeness (QED) is 0.481. The average Bonchev–Trinajstić information content (AvgIpc) is 2.43. The van der Waals surface area contributed by atoms with Gasteiger partial charge in [0.15, 0.2) is 11.6 Å². The van der Waals surface area contributed by atoms with Gasteiger partial charge in [-0.3, -0.25) is 4.79 Å². The number of nitrogens with one attached hydrogen (secondary N) is 1. The molecule has 0 radical (unpaired) electrons. The monoisotopic (exact) mass is 351 g/mol. The molecule has 0 aliphatic heterocycles. The van der Waals surface area contributed by atoms with Gasteiger partial charge in [0.2, 0.25) is 0 Å². The number of benzene rings is 2. The summed E-state index contributed by atoms with van der Waals surface area (Å²) in [7, 11) is 0. The number of anilines is 1. The van der Waals surface area contributed by atoms with E-state index in [2.05, 4.69) is 0 Å². The first-order chi connectivity index (χ1) is 10.7. The molecule has 1 N–H and O–H groups in total. The molecule has 0 bridgehead atoms. The second kappa shape index (κ2) is 6.53. The molecule has 2 aromatic rings. The van der Waals surface area contributed by atoms with E-state index in [0.29, 0.717) is 6.07 Å². The number of hydrogen-bond donors (Lipinski definition) is 1. The van der Waals surface area contributed by atoms with E-state index in [1.807, 2.05) is 5.32 Å². The maximum Gasteiger partial charge on any atom is 0.446 e. The molecule has 0 aliphatic rings. The summed E-state index contributed by atoms with van der Waals surface area (Å²) in [5.41, 5.74) is -5.11. The zero-order valence-electron chi connectivity index (χ0n) is 11.0. The van der Waals surface area contributed by atoms with Gasteiger partial charge in [-0.05, 0) is 36.0 Å². The molecule has 0 heterocycles. The lowest BCUT2D eigenvalue weighted by molar-refractivity contribution is -0.0328. The molecule has 2 aromatic carbocycles. The van der Waals surface area contributed by atoms with Crippen LogP contribution in [0.25, 0.3) is 0 Å². The summed E-state index contributed by atoms with van der Waals surface area (Å²) in [5.74, 6) is -4.81. The molecule has 0 atom stereocenters. The lowest BCUT2D eigenvalue weighted by Gasteiger charge is -2.08. The summed E-state index contributed by atoms with van der Waals surface area (Å²) in [6.45, 7) is 0. The minimum absolute atomic E-state index is 0.0688. The van der Waals surface area contributed by atoms with E-state index in [1.54, 1.807) is 0 Å². The van der Waals surface area contributed by atoms with E-state index in [0.717, 1.165) is 24.3 Å². The normalized spacial score (nSPS) is 11.4. The largest absolute Gasteiger partial charge is 0.446 e. The number of rotatable bonds is 3. The van der Waals surface area contributed by atoms with Crippen LogP contribution in [0.3, 0.4) is 0 Å². The van der Waals surface area contributed by atoms with Gasteiger partial charge in [0.05, 0.1) is 5.69 Å². The van der Waals surface area contributed by atoms with Crippen LogP contribution in [-0.2, 0) is 0 Å². The second-order valence-electron chi connectivity index (χ2n) is 4.27. The van der Waals surface area contributed by atoms with Gasteiger partial charge < -0.3 is 5.32 Å². The van der Waals surface area contributed by atoms with Crippen LogP contribution in [0.4, 0.5) is 32.0 Å². The minimum atomic E-state index is -4.46. The fraction of sp³-hybridized carbons (Fsp3) is 0.0714. The molecule has 9 heteroatoms. The van der Waals surface area contributed by atoms with Crippen molar-refractivity contribution in [3.8, 4) is 0 Å². The van der Waals surface area contributed by atoms with E-state index < -0.39 is 34.6 Å². The third kappa shape index (κ3) is 4.65. The highest BCUT2D eigenvalue weighted by molar-refractivity contribution is 8.00. The van der Waals surface area contributed by atoms with Gasteiger partial charge in [0.1, 0.15) is 5.82 Å². The number of alkyl halides is 3. The lowest BCUT2D eigenvalue weighted by atomic mass is 10.2. The maximum atomic E-state index is 13.4. The molecule has 0 aliphatic carbocycles. The zero-order valence-corrected chi connectivity index (χ0v) is 11.9. The topological polar surface area (TPSA) is 29.1 Å². The van der Waals surface area contributed by atoms with Crippen molar-refractivity contribution in [1.29, 1.82) is 0 Å². The van der Waals surface area contributed by atoms with Gasteiger partial charge in [-0.2, -0.15) is 13.2 Å². The highest BCUT2D eigenvalue weighted by Crippen LogP contribution is 2.36. The van der Waals surface area contributed by atoms with E-state index in [4.69, 9.17) is 0 Å². The first kappa shape index (κ1) is 17.2. The van der Waals surface area contributed by atoms with Crippen LogP contribution in [0.1, 0.15) is 10.4 Å². The number of amides is 1. The van der Waals surface area contributed by atoms with Gasteiger partial charge >= 0.3 is 5.51 Å². The maximum absolute atomic E-state index is 13.4. The molecule has 23 heavy (non-hydrogen) atoms. The molecule has 2 nitrogen and oxygen atoms in total. The van der Waals surface area contributed by atoms with Crippen molar-refractivity contribution in [3.63, 3.8) is 0 Å². The van der Waals surface area contributed by atoms with Crippen LogP contribution in [0.15, 0.2) is 41.3 Å². The highest BCUT2D eigenvalue weighted by Gasteiger charge is 2.29. The number of halogens is 6. The summed E-state index contributed by atoms with van der Waals surface area (Å²) in [6.07, 6.45) is 0. The van der Waals surface area contributed by atoms with E-state index in [9.17, 15) is 31.1 Å². The first-order valence-electron chi connectivity index (χ1n) is 5.97. The van der Waals surface area contributed by atoms with Crippen LogP contribution in [0.2, 0.25) is 0 Å². The van der Waals surface area contributed by atoms with Gasteiger partial charge in [0, 0.05) is 22.6 Å². The van der Waals surface area contributed by atoms with Crippen molar-refractivity contribution >= 4 is 23.4 Å². The Morgan fingerprint density at radius 3 is 2.04 bits per heavy atom. The van der Waals surface area contributed by atoms with Crippen LogP contribution >= 0.6 is 11.8 Å². The summed E-state index contributed by atoms with van der Waals surface area (Å²) in [6, 6.07) is 5.07. The van der Waals surface area contributed by atoms with Crippen molar-refractivity contribution < 1.29 is 31.1 Å². The van der Waals surface area contributed by atoms with Crippen molar-refractivity contribution in [2.45, 2.75) is 10.4 Å². The van der Waals surface area contributed by atoms with Gasteiger partial charge in [0.25, 0.3) is 5.91 Å². The van der Waals surface area contributed by atoms with Gasteiger partial charge in [-0.15, -0.1) is 0 Å². The van der Waals surface area contributed by atoms with Crippen LogP contribution in [0, 0.1) is 17.5 Å². The van der Waals surface area contributed by atoms with Crippen molar-refractivity contribution in [3.05, 3.63) is 59.4 Å². The molecule has 0 saturated heterocycles. The molecule has 1 amide bonds. The molecule has 0 fully saturated rings. The van der Waals surface area contributed by atoms with Gasteiger partial charge in [-0.1, -0.05) is 0 Å². The van der Waals surface area contributed by atoms with Crippen molar-refractivity contribution in [2.75, 3.05) is 5.32 Å². The Labute approximate surface area is 130 Å². The first-order valence-corrected chi connectivity index (χ1v) is 6.79. The Kier molecular flexibility index (Phi) is 4.88. The molecule has 0 spiro atoms. The zero-order chi connectivity index (χ0) is 17.2. The Bertz CT molecular complexity index is 729. The summed E-state index contributed by atoms with van der Waals surface area (Å²) >= 11 is -0.352. The summed E-state index contributed by atoms with van der Waals surface area (Å²) in [5, 5.41) is 2.01. The average molecular weight is 351 g/mol. The summed E-state index contributed by atoms with van der Waals surface area (Å²) < 4.78 is 75.7. The Morgan fingerprint density at radius 2 is 1.48 bits per heavy atom. The Morgan fingerprint density at radius 1 is 0.913 bits per heavy atom. The molecule has 122 valence electrons. The van der Waals surface area contributed by atoms with Crippen LogP contribution in [0.5, 0.6) is 0 Å². The number of thioether (sulfide) groups is 1. The molecular formula is C14H7F6NOS. The number of hydrogen-bond acceptors (Lipinski definition) is 2.